The van der Waals surface area contributed by atoms with Crippen LogP contribution in [0.1, 0.15) is 12.7 Å². The second-order valence-corrected chi connectivity index (χ2v) is 7.76. The molecule has 4 aromatic rings. The highest BCUT2D eigenvalue weighted by molar-refractivity contribution is 8.00. The molecule has 0 spiro atoms. The van der Waals surface area contributed by atoms with Crippen molar-refractivity contribution in [3.63, 3.8) is 0 Å². The third-order valence-corrected chi connectivity index (χ3v) is 6.02. The second kappa shape index (κ2) is 7.58. The first-order valence-corrected chi connectivity index (χ1v) is 10.4. The average Bonchev–Trinajstić information content (AvgIpc) is 3.28. The van der Waals surface area contributed by atoms with Crippen LogP contribution in [0, 0.1) is 0 Å². The zero-order valence-electron chi connectivity index (χ0n) is 14.9. The summed E-state index contributed by atoms with van der Waals surface area (Å²) in [6, 6.07) is 11.6. The minimum absolute atomic E-state index is 0.114. The predicted octanol–water partition coefficient (Wildman–Crippen LogP) is 4.25. The maximum absolute atomic E-state index is 12.4. The van der Waals surface area contributed by atoms with Crippen LogP contribution in [0.15, 0.2) is 46.8 Å². The van der Waals surface area contributed by atoms with Gasteiger partial charge in [-0.1, -0.05) is 30.8 Å². The number of benzene rings is 1. The molecule has 6 nitrogen and oxygen atoms in total. The Morgan fingerprint density at radius 2 is 2.11 bits per heavy atom. The molecular weight excluding hydrogens is 380 g/mol. The maximum Gasteiger partial charge on any atom is 0.234 e. The van der Waals surface area contributed by atoms with Crippen molar-refractivity contribution in [1.82, 2.24) is 14.6 Å². The van der Waals surface area contributed by atoms with Crippen LogP contribution in [-0.2, 0) is 11.2 Å². The Hall–Kier alpha value is -2.58. The lowest BCUT2D eigenvalue weighted by Crippen LogP contribution is -2.15. The highest BCUT2D eigenvalue weighted by Gasteiger charge is 2.15. The smallest absolute Gasteiger partial charge is 0.234 e. The number of anilines is 1. The lowest BCUT2D eigenvalue weighted by molar-refractivity contribution is -0.113. The van der Waals surface area contributed by atoms with Gasteiger partial charge in [0.2, 0.25) is 5.91 Å². The summed E-state index contributed by atoms with van der Waals surface area (Å²) in [5.74, 6) is 1.68. The highest BCUT2D eigenvalue weighted by Crippen LogP contribution is 2.31. The van der Waals surface area contributed by atoms with Gasteiger partial charge in [0.05, 0.1) is 34.3 Å². The number of para-hydroxylation sites is 2. The number of thioether (sulfide) groups is 1. The first-order chi connectivity index (χ1) is 13.2. The summed E-state index contributed by atoms with van der Waals surface area (Å²) < 4.78 is 8.60. The van der Waals surface area contributed by atoms with Crippen molar-refractivity contribution >= 4 is 50.4 Å². The molecule has 4 rings (SSSR count). The third kappa shape index (κ3) is 3.38. The molecule has 0 aliphatic rings. The number of aryl methyl sites for hydroxylation is 1. The van der Waals surface area contributed by atoms with Gasteiger partial charge in [-0.15, -0.1) is 21.5 Å². The Morgan fingerprint density at radius 3 is 2.93 bits per heavy atom. The van der Waals surface area contributed by atoms with E-state index in [0.29, 0.717) is 11.4 Å². The Kier molecular flexibility index (Phi) is 5.00. The van der Waals surface area contributed by atoms with Crippen molar-refractivity contribution < 1.29 is 9.53 Å². The minimum atomic E-state index is -0.114. The Bertz CT molecular complexity index is 1120. The number of amides is 1. The Balaban J connectivity index is 1.56. The average molecular weight is 399 g/mol. The van der Waals surface area contributed by atoms with E-state index in [9.17, 15) is 4.79 Å². The van der Waals surface area contributed by atoms with E-state index in [1.165, 1.54) is 16.5 Å². The SMILES string of the molecule is CCc1nnc(SCC(=O)Nc2ccccc2OC)c2cc3sccc3n12. The van der Waals surface area contributed by atoms with Gasteiger partial charge in [0.25, 0.3) is 0 Å². The summed E-state index contributed by atoms with van der Waals surface area (Å²) in [4.78, 5) is 12.4. The fraction of sp³-hybridized carbons (Fsp3) is 0.211. The molecule has 8 heteroatoms. The van der Waals surface area contributed by atoms with Crippen LogP contribution in [0.4, 0.5) is 5.69 Å². The van der Waals surface area contributed by atoms with E-state index in [1.807, 2.05) is 24.3 Å². The summed E-state index contributed by atoms with van der Waals surface area (Å²) in [6.07, 6.45) is 0.794. The number of rotatable bonds is 6. The first-order valence-electron chi connectivity index (χ1n) is 8.51. The van der Waals surface area contributed by atoms with Gasteiger partial charge < -0.3 is 10.1 Å². The van der Waals surface area contributed by atoms with Gasteiger partial charge in [0.15, 0.2) is 0 Å². The molecule has 0 radical (unpaired) electrons. The highest BCUT2D eigenvalue weighted by atomic mass is 32.2. The van der Waals surface area contributed by atoms with Crippen molar-refractivity contribution in [2.75, 3.05) is 18.2 Å². The maximum atomic E-state index is 12.4. The molecule has 0 fully saturated rings. The van der Waals surface area contributed by atoms with Gasteiger partial charge in [-0.05, 0) is 29.6 Å². The minimum Gasteiger partial charge on any atom is -0.495 e. The van der Waals surface area contributed by atoms with Gasteiger partial charge in [0, 0.05) is 6.42 Å². The summed E-state index contributed by atoms with van der Waals surface area (Å²) in [7, 11) is 1.58. The number of thiophene rings is 1. The molecule has 138 valence electrons. The van der Waals surface area contributed by atoms with E-state index in [-0.39, 0.29) is 11.7 Å². The van der Waals surface area contributed by atoms with Crippen LogP contribution in [0.2, 0.25) is 0 Å². The quantitative estimate of drug-likeness (QED) is 0.492. The van der Waals surface area contributed by atoms with Gasteiger partial charge >= 0.3 is 0 Å². The number of hydrogen-bond donors (Lipinski definition) is 1. The molecule has 0 aliphatic heterocycles. The van der Waals surface area contributed by atoms with E-state index in [2.05, 4.69) is 44.4 Å². The van der Waals surface area contributed by atoms with Gasteiger partial charge in [-0.3, -0.25) is 9.20 Å². The molecule has 0 saturated heterocycles. The lowest BCUT2D eigenvalue weighted by Gasteiger charge is -2.10. The number of nitrogens with one attached hydrogen (secondary N) is 1. The number of carbonyl (C=O) groups excluding carboxylic acids is 1. The van der Waals surface area contributed by atoms with Gasteiger partial charge in [-0.2, -0.15) is 0 Å². The molecule has 0 unspecified atom stereocenters. The van der Waals surface area contributed by atoms with E-state index < -0.39 is 0 Å². The van der Waals surface area contributed by atoms with Crippen LogP contribution >= 0.6 is 23.1 Å². The van der Waals surface area contributed by atoms with Crippen LogP contribution in [0.25, 0.3) is 15.7 Å². The van der Waals surface area contributed by atoms with Crippen molar-refractivity contribution in [2.24, 2.45) is 0 Å². The number of hydrogen-bond acceptors (Lipinski definition) is 6. The van der Waals surface area contributed by atoms with Crippen LogP contribution in [0.3, 0.4) is 0 Å². The molecule has 0 bridgehead atoms. The number of ether oxygens (including phenoxy) is 1. The molecule has 3 aromatic heterocycles. The van der Waals surface area contributed by atoms with Crippen molar-refractivity contribution in [2.45, 2.75) is 18.4 Å². The topological polar surface area (TPSA) is 68.5 Å². The molecule has 27 heavy (non-hydrogen) atoms. The summed E-state index contributed by atoms with van der Waals surface area (Å²) in [5, 5.41) is 14.4. The van der Waals surface area contributed by atoms with Gasteiger partial charge in [0.1, 0.15) is 16.6 Å². The second-order valence-electron chi connectivity index (χ2n) is 5.85. The molecule has 0 atom stereocenters. The number of nitrogens with zero attached hydrogens (tertiary/aromatic N) is 3. The summed E-state index contributed by atoms with van der Waals surface area (Å²) in [6.45, 7) is 2.06. The standard InChI is InChI=1S/C19H18N4O2S2/c1-3-17-21-22-19(14-10-16-13(23(14)17)8-9-26-16)27-11-18(24)20-12-6-4-5-7-15(12)25-2/h4-10H,3,11H2,1-2H3,(H,20,24). The monoisotopic (exact) mass is 398 g/mol. The number of fused-ring (bicyclic) bond motifs is 3. The largest absolute Gasteiger partial charge is 0.495 e. The van der Waals surface area contributed by atoms with Crippen LogP contribution < -0.4 is 10.1 Å². The lowest BCUT2D eigenvalue weighted by atomic mass is 10.3. The Morgan fingerprint density at radius 1 is 1.26 bits per heavy atom. The summed E-state index contributed by atoms with van der Waals surface area (Å²) in [5.41, 5.74) is 2.80. The Labute approximate surface area is 164 Å². The van der Waals surface area contributed by atoms with Crippen LogP contribution in [-0.4, -0.2) is 33.4 Å². The molecule has 1 aromatic carbocycles. The molecule has 0 saturated carbocycles. The van der Waals surface area contributed by atoms with E-state index >= 15 is 0 Å². The summed E-state index contributed by atoms with van der Waals surface area (Å²) >= 11 is 3.08. The van der Waals surface area contributed by atoms with Crippen molar-refractivity contribution in [1.29, 1.82) is 0 Å². The molecule has 1 N–H and O–H groups in total. The fourth-order valence-electron chi connectivity index (χ4n) is 2.96. The normalized spacial score (nSPS) is 11.2. The van der Waals surface area contributed by atoms with E-state index in [0.717, 1.165) is 28.3 Å². The number of aromatic nitrogens is 3. The van der Waals surface area contributed by atoms with E-state index in [4.69, 9.17) is 4.74 Å². The van der Waals surface area contributed by atoms with Crippen LogP contribution in [0.5, 0.6) is 5.75 Å². The number of carbonyl (C=O) groups is 1. The van der Waals surface area contributed by atoms with Crippen molar-refractivity contribution in [3.05, 3.63) is 47.6 Å². The zero-order chi connectivity index (χ0) is 18.8. The molecule has 0 aliphatic carbocycles. The molecule has 3 heterocycles. The molecule has 1 amide bonds. The van der Waals surface area contributed by atoms with Gasteiger partial charge in [-0.25, -0.2) is 0 Å². The zero-order valence-corrected chi connectivity index (χ0v) is 16.6. The third-order valence-electron chi connectivity index (χ3n) is 4.19. The number of methoxy groups -OCH3 is 1. The van der Waals surface area contributed by atoms with E-state index in [1.54, 1.807) is 18.4 Å². The fourth-order valence-corrected chi connectivity index (χ4v) is 4.50. The van der Waals surface area contributed by atoms with Crippen molar-refractivity contribution in [3.8, 4) is 5.75 Å². The first kappa shape index (κ1) is 17.8. The molecular formula is C19H18N4O2S2. The predicted molar refractivity (Wildman–Crippen MR) is 110 cm³/mol.